The standard InChI is InChI=1S/C18H29NO2/c1-4-21-16-12-8-7-11-15(16)17(20)18(19(2)3)13-9-5-6-10-14-18/h7-8,11-12,17,20H,4-6,9-10,13-14H2,1-3H3. The number of hydrogen-bond donors (Lipinski definition) is 1. The summed E-state index contributed by atoms with van der Waals surface area (Å²) in [7, 11) is 4.19. The molecule has 1 unspecified atom stereocenters. The minimum atomic E-state index is -0.506. The minimum absolute atomic E-state index is 0.177. The van der Waals surface area contributed by atoms with Crippen molar-refractivity contribution in [1.29, 1.82) is 0 Å². The number of ether oxygens (including phenoxy) is 1. The Bertz CT molecular complexity index is 437. The summed E-state index contributed by atoms with van der Waals surface area (Å²) in [6.45, 7) is 2.61. The van der Waals surface area contributed by atoms with Gasteiger partial charge in [-0.2, -0.15) is 0 Å². The number of likely N-dealkylation sites (N-methyl/N-ethyl adjacent to an activating group) is 1. The lowest BCUT2D eigenvalue weighted by Crippen LogP contribution is -2.49. The maximum absolute atomic E-state index is 11.2. The van der Waals surface area contributed by atoms with Crippen molar-refractivity contribution >= 4 is 0 Å². The zero-order valence-electron chi connectivity index (χ0n) is 13.6. The summed E-state index contributed by atoms with van der Waals surface area (Å²) in [6, 6.07) is 7.92. The zero-order chi connectivity index (χ0) is 15.3. The van der Waals surface area contributed by atoms with Crippen molar-refractivity contribution in [2.24, 2.45) is 0 Å². The molecule has 1 aliphatic rings. The van der Waals surface area contributed by atoms with Crippen molar-refractivity contribution in [3.63, 3.8) is 0 Å². The van der Waals surface area contributed by atoms with Crippen molar-refractivity contribution in [2.45, 2.75) is 57.1 Å². The lowest BCUT2D eigenvalue weighted by molar-refractivity contribution is -0.0211. The minimum Gasteiger partial charge on any atom is -0.493 e. The normalized spacial score (nSPS) is 20.0. The van der Waals surface area contributed by atoms with Gasteiger partial charge in [0.05, 0.1) is 12.1 Å². The Kier molecular flexibility index (Phi) is 5.65. The molecule has 0 radical (unpaired) electrons. The fourth-order valence-corrected chi connectivity index (χ4v) is 3.59. The van der Waals surface area contributed by atoms with E-state index in [-0.39, 0.29) is 5.54 Å². The van der Waals surface area contributed by atoms with E-state index in [1.807, 2.05) is 31.2 Å². The first-order valence-electron chi connectivity index (χ1n) is 8.19. The molecule has 0 bridgehead atoms. The van der Waals surface area contributed by atoms with Gasteiger partial charge in [-0.25, -0.2) is 0 Å². The van der Waals surface area contributed by atoms with Gasteiger partial charge in [-0.05, 0) is 39.9 Å². The molecule has 0 amide bonds. The molecule has 1 aromatic carbocycles. The number of nitrogens with zero attached hydrogens (tertiary/aromatic N) is 1. The average Bonchev–Trinajstić information content (AvgIpc) is 2.74. The molecule has 1 fully saturated rings. The van der Waals surface area contributed by atoms with E-state index in [0.29, 0.717) is 6.61 Å². The summed E-state index contributed by atoms with van der Waals surface area (Å²) < 4.78 is 5.73. The van der Waals surface area contributed by atoms with Crippen LogP contribution in [0.1, 0.15) is 57.1 Å². The van der Waals surface area contributed by atoms with Crippen LogP contribution in [0.3, 0.4) is 0 Å². The Labute approximate surface area is 128 Å². The topological polar surface area (TPSA) is 32.7 Å². The maximum Gasteiger partial charge on any atom is 0.125 e. The Morgan fingerprint density at radius 3 is 2.33 bits per heavy atom. The van der Waals surface area contributed by atoms with Gasteiger partial charge in [-0.3, -0.25) is 0 Å². The van der Waals surface area contributed by atoms with Gasteiger partial charge in [0.1, 0.15) is 11.9 Å². The van der Waals surface area contributed by atoms with Crippen LogP contribution >= 0.6 is 0 Å². The summed E-state index contributed by atoms with van der Waals surface area (Å²) in [5.74, 6) is 0.818. The first-order chi connectivity index (χ1) is 10.1. The number of para-hydroxylation sites is 1. The second kappa shape index (κ2) is 7.28. The fraction of sp³-hybridized carbons (Fsp3) is 0.667. The van der Waals surface area contributed by atoms with Crippen LogP contribution in [0.2, 0.25) is 0 Å². The van der Waals surface area contributed by atoms with E-state index in [0.717, 1.165) is 24.2 Å². The van der Waals surface area contributed by atoms with E-state index in [1.54, 1.807) is 0 Å². The maximum atomic E-state index is 11.2. The van der Waals surface area contributed by atoms with Crippen LogP contribution in [-0.4, -0.2) is 36.2 Å². The molecule has 1 N–H and O–H groups in total. The van der Waals surface area contributed by atoms with E-state index in [9.17, 15) is 5.11 Å². The number of aliphatic hydroxyl groups excluding tert-OH is 1. The van der Waals surface area contributed by atoms with E-state index in [1.165, 1.54) is 25.7 Å². The van der Waals surface area contributed by atoms with Gasteiger partial charge < -0.3 is 14.7 Å². The average molecular weight is 291 g/mol. The highest BCUT2D eigenvalue weighted by atomic mass is 16.5. The van der Waals surface area contributed by atoms with Gasteiger partial charge >= 0.3 is 0 Å². The Balaban J connectivity index is 2.36. The Hall–Kier alpha value is -1.06. The Morgan fingerprint density at radius 2 is 1.76 bits per heavy atom. The molecule has 3 heteroatoms. The number of aliphatic hydroxyl groups is 1. The van der Waals surface area contributed by atoms with Crippen molar-refractivity contribution in [3.05, 3.63) is 29.8 Å². The first-order valence-corrected chi connectivity index (χ1v) is 8.19. The molecule has 3 nitrogen and oxygen atoms in total. The van der Waals surface area contributed by atoms with Gasteiger partial charge in [-0.15, -0.1) is 0 Å². The van der Waals surface area contributed by atoms with Crippen molar-refractivity contribution in [1.82, 2.24) is 4.90 Å². The quantitative estimate of drug-likeness (QED) is 0.838. The fourth-order valence-electron chi connectivity index (χ4n) is 3.59. The molecule has 0 saturated heterocycles. The number of benzene rings is 1. The molecule has 0 spiro atoms. The third-order valence-electron chi connectivity index (χ3n) is 4.88. The summed E-state index contributed by atoms with van der Waals surface area (Å²) in [4.78, 5) is 2.23. The summed E-state index contributed by atoms with van der Waals surface area (Å²) >= 11 is 0. The predicted octanol–water partition coefficient (Wildman–Crippen LogP) is 3.77. The van der Waals surface area contributed by atoms with Crippen LogP contribution in [-0.2, 0) is 0 Å². The van der Waals surface area contributed by atoms with Crippen LogP contribution in [0.15, 0.2) is 24.3 Å². The summed E-state index contributed by atoms with van der Waals surface area (Å²) in [6.07, 6.45) is 6.50. The van der Waals surface area contributed by atoms with E-state index in [2.05, 4.69) is 19.0 Å². The monoisotopic (exact) mass is 291 g/mol. The number of hydrogen-bond acceptors (Lipinski definition) is 3. The highest BCUT2D eigenvalue weighted by Gasteiger charge is 2.41. The van der Waals surface area contributed by atoms with Crippen molar-refractivity contribution < 1.29 is 9.84 Å². The lowest BCUT2D eigenvalue weighted by atomic mass is 9.79. The van der Waals surface area contributed by atoms with Crippen LogP contribution < -0.4 is 4.74 Å². The van der Waals surface area contributed by atoms with Gasteiger partial charge in [0.15, 0.2) is 0 Å². The van der Waals surface area contributed by atoms with E-state index >= 15 is 0 Å². The second-order valence-electron chi connectivity index (χ2n) is 6.29. The molecule has 2 rings (SSSR count). The lowest BCUT2D eigenvalue weighted by Gasteiger charge is -2.44. The van der Waals surface area contributed by atoms with E-state index < -0.39 is 6.10 Å². The van der Waals surface area contributed by atoms with Crippen LogP contribution in [0.25, 0.3) is 0 Å². The summed E-state index contributed by atoms with van der Waals surface area (Å²) in [5, 5.41) is 11.2. The number of rotatable bonds is 5. The highest BCUT2D eigenvalue weighted by molar-refractivity contribution is 5.37. The smallest absolute Gasteiger partial charge is 0.125 e. The summed E-state index contributed by atoms with van der Waals surface area (Å²) in [5.41, 5.74) is 0.749. The molecule has 1 aliphatic carbocycles. The molecular formula is C18H29NO2. The van der Waals surface area contributed by atoms with Crippen LogP contribution in [0.5, 0.6) is 5.75 Å². The molecule has 118 valence electrons. The van der Waals surface area contributed by atoms with Crippen LogP contribution in [0.4, 0.5) is 0 Å². The van der Waals surface area contributed by atoms with Gasteiger partial charge in [-0.1, -0.05) is 43.9 Å². The highest BCUT2D eigenvalue weighted by Crippen LogP contribution is 2.43. The van der Waals surface area contributed by atoms with Gasteiger partial charge in [0.25, 0.3) is 0 Å². The van der Waals surface area contributed by atoms with Crippen LogP contribution in [0, 0.1) is 0 Å². The third kappa shape index (κ3) is 3.41. The molecular weight excluding hydrogens is 262 g/mol. The Morgan fingerprint density at radius 1 is 1.14 bits per heavy atom. The zero-order valence-corrected chi connectivity index (χ0v) is 13.6. The van der Waals surface area contributed by atoms with Gasteiger partial charge in [0.2, 0.25) is 0 Å². The largest absolute Gasteiger partial charge is 0.493 e. The molecule has 1 atom stereocenters. The second-order valence-corrected chi connectivity index (χ2v) is 6.29. The predicted molar refractivity (Wildman–Crippen MR) is 86.7 cm³/mol. The molecule has 0 heterocycles. The molecule has 0 aromatic heterocycles. The molecule has 1 saturated carbocycles. The van der Waals surface area contributed by atoms with Crippen molar-refractivity contribution in [2.75, 3.05) is 20.7 Å². The van der Waals surface area contributed by atoms with Crippen molar-refractivity contribution in [3.8, 4) is 5.75 Å². The molecule has 21 heavy (non-hydrogen) atoms. The molecule has 1 aromatic rings. The first kappa shape index (κ1) is 16.3. The van der Waals surface area contributed by atoms with E-state index in [4.69, 9.17) is 4.74 Å². The molecule has 0 aliphatic heterocycles. The van der Waals surface area contributed by atoms with Gasteiger partial charge in [0, 0.05) is 5.56 Å². The third-order valence-corrected chi connectivity index (χ3v) is 4.88. The SMILES string of the molecule is CCOc1ccccc1C(O)C1(N(C)C)CCCCCC1.